The number of esters is 1. The number of nitrogens with zero attached hydrogens (tertiary/aromatic N) is 1. The number of carbonyl (C=O) groups excluding carboxylic acids is 2. The van der Waals surface area contributed by atoms with Crippen molar-refractivity contribution >= 4 is 31.0 Å². The number of para-hydroxylation sites is 1. The van der Waals surface area contributed by atoms with E-state index in [-0.39, 0.29) is 32.8 Å². The van der Waals surface area contributed by atoms with Gasteiger partial charge in [-0.1, -0.05) is 65.7 Å². The molecule has 3 rings (SSSR count). The number of ether oxygens (including phenoxy) is 6. The first-order valence-corrected chi connectivity index (χ1v) is 21.8. The summed E-state index contributed by atoms with van der Waals surface area (Å²) >= 11 is 0. The smallest absolute Gasteiger partial charge is 0.419 e. The van der Waals surface area contributed by atoms with E-state index in [2.05, 4.69) is 53.0 Å². The van der Waals surface area contributed by atoms with Gasteiger partial charge in [0.25, 0.3) is 0 Å². The highest BCUT2D eigenvalue weighted by atomic mass is 28.3. The molecule has 0 bridgehead atoms. The highest BCUT2D eigenvalue weighted by Gasteiger charge is 2.43. The van der Waals surface area contributed by atoms with Gasteiger partial charge in [-0.2, -0.15) is 0 Å². The third kappa shape index (κ3) is 11.6. The molecule has 12 heteroatoms. The molecule has 0 saturated carbocycles. The first kappa shape index (κ1) is 46.5. The van der Waals surface area contributed by atoms with Crippen LogP contribution in [-0.4, -0.2) is 94.1 Å². The third-order valence-electron chi connectivity index (χ3n) is 10.5. The Kier molecular flexibility index (Phi) is 17.1. The number of aromatic nitrogens is 1. The predicted octanol–water partition coefficient (Wildman–Crippen LogP) is 8.27. The molecule has 2 aromatic carbocycles. The fraction of sp³-hybridized carbons (Fsp3) is 0.591. The second kappa shape index (κ2) is 20.5. The van der Waals surface area contributed by atoms with Crippen LogP contribution in [0.25, 0.3) is 10.9 Å². The van der Waals surface area contributed by atoms with Crippen LogP contribution in [-0.2, 0) is 30.2 Å². The molecule has 0 saturated heterocycles. The molecule has 1 aromatic heterocycles. The van der Waals surface area contributed by atoms with E-state index in [0.29, 0.717) is 51.3 Å². The van der Waals surface area contributed by atoms with E-state index in [1.807, 2.05) is 48.5 Å². The largest absolute Gasteiger partial charge is 0.497 e. The summed E-state index contributed by atoms with van der Waals surface area (Å²) in [5.74, 6) is 2.32. The van der Waals surface area contributed by atoms with Crippen LogP contribution in [0.1, 0.15) is 92.3 Å². The summed E-state index contributed by atoms with van der Waals surface area (Å²) in [7, 11) is 2.13. The van der Waals surface area contributed by atoms with Crippen LogP contribution in [0, 0.1) is 17.4 Å². The fourth-order valence-corrected chi connectivity index (χ4v) is 13.3. The van der Waals surface area contributed by atoms with Gasteiger partial charge in [0, 0.05) is 24.6 Å². The summed E-state index contributed by atoms with van der Waals surface area (Å²) in [5.41, 5.74) is 3.52. The molecule has 0 aliphatic carbocycles. The van der Waals surface area contributed by atoms with Gasteiger partial charge < -0.3 is 38.6 Å². The van der Waals surface area contributed by atoms with E-state index in [9.17, 15) is 19.8 Å². The first-order valence-electron chi connectivity index (χ1n) is 19.5. The highest BCUT2D eigenvalue weighted by Crippen LogP contribution is 2.42. The van der Waals surface area contributed by atoms with Crippen molar-refractivity contribution in [2.45, 2.75) is 115 Å². The van der Waals surface area contributed by atoms with Gasteiger partial charge in [-0.05, 0) is 92.0 Å². The second-order valence-corrected chi connectivity index (χ2v) is 22.0. The Balaban J connectivity index is 2.22. The number of aliphatic hydroxyl groups excluding tert-OH is 1. The monoisotopic (exact) mass is 795 g/mol. The maximum atomic E-state index is 14.2. The Hall–Kier alpha value is -3.86. The Bertz CT molecular complexity index is 1760. The topological polar surface area (TPSA) is 135 Å². The quantitative estimate of drug-likeness (QED) is 0.0402. The van der Waals surface area contributed by atoms with E-state index in [1.165, 1.54) is 18.8 Å². The van der Waals surface area contributed by atoms with Gasteiger partial charge in [0.2, 0.25) is 0 Å². The Labute approximate surface area is 335 Å². The molecule has 0 radical (unpaired) electrons. The number of rotatable bonds is 19. The molecule has 11 nitrogen and oxygen atoms in total. The molecule has 2 N–H and O–H groups in total. The van der Waals surface area contributed by atoms with Crippen molar-refractivity contribution in [3.05, 3.63) is 59.8 Å². The number of benzene rings is 2. The lowest BCUT2D eigenvalue weighted by Gasteiger charge is -2.38. The maximum Gasteiger partial charge on any atom is 0.419 e. The molecule has 0 spiro atoms. The Morgan fingerprint density at radius 2 is 1.50 bits per heavy atom. The van der Waals surface area contributed by atoms with Gasteiger partial charge in [0.15, 0.2) is 0 Å². The van der Waals surface area contributed by atoms with Crippen LogP contribution in [0.4, 0.5) is 4.79 Å². The highest BCUT2D eigenvalue weighted by molar-refractivity contribution is 6.90. The van der Waals surface area contributed by atoms with E-state index < -0.39 is 49.8 Å². The van der Waals surface area contributed by atoms with Crippen molar-refractivity contribution < 1.29 is 48.2 Å². The van der Waals surface area contributed by atoms with Crippen molar-refractivity contribution in [3.8, 4) is 23.0 Å². The molecule has 0 fully saturated rings. The molecule has 1 heterocycles. The molecular formula is C44H65NO10Si. The minimum Gasteiger partial charge on any atom is -0.497 e. The molecule has 0 aliphatic rings. The summed E-state index contributed by atoms with van der Waals surface area (Å²) in [6.07, 6.45) is -0.265. The zero-order valence-electron chi connectivity index (χ0n) is 35.6. The van der Waals surface area contributed by atoms with Crippen LogP contribution < -0.4 is 9.47 Å². The molecule has 0 aliphatic heterocycles. The molecule has 56 heavy (non-hydrogen) atoms. The second-order valence-electron chi connectivity index (χ2n) is 16.5. The molecule has 3 aromatic rings. The number of hydrogen-bond acceptors (Lipinski definition) is 10. The summed E-state index contributed by atoms with van der Waals surface area (Å²) < 4.78 is 35.4. The maximum absolute atomic E-state index is 14.2. The number of fused-ring (bicyclic) bond motifs is 1. The zero-order chi connectivity index (χ0) is 41.8. The molecule has 0 amide bonds. The van der Waals surface area contributed by atoms with Crippen molar-refractivity contribution in [1.82, 2.24) is 4.57 Å². The van der Waals surface area contributed by atoms with Crippen molar-refractivity contribution in [3.63, 3.8) is 0 Å². The lowest BCUT2D eigenvalue weighted by molar-refractivity contribution is -0.143. The van der Waals surface area contributed by atoms with Crippen LogP contribution >= 0.6 is 0 Å². The minimum absolute atomic E-state index is 0.0188. The van der Waals surface area contributed by atoms with Gasteiger partial charge in [-0.25, -0.2) is 9.36 Å². The average molecular weight is 796 g/mol. The lowest BCUT2D eigenvalue weighted by atomic mass is 9.83. The lowest BCUT2D eigenvalue weighted by Crippen LogP contribution is -2.44. The van der Waals surface area contributed by atoms with Crippen LogP contribution in [0.15, 0.2) is 48.5 Å². The number of carbonyl (C=O) groups is 2. The van der Waals surface area contributed by atoms with Crippen LogP contribution in [0.2, 0.25) is 16.6 Å². The van der Waals surface area contributed by atoms with Gasteiger partial charge in [0.1, 0.15) is 37.6 Å². The predicted molar refractivity (Wildman–Crippen MR) is 222 cm³/mol. The van der Waals surface area contributed by atoms with Gasteiger partial charge in [0.05, 0.1) is 45.5 Å². The van der Waals surface area contributed by atoms with E-state index >= 15 is 0 Å². The summed E-state index contributed by atoms with van der Waals surface area (Å²) in [4.78, 5) is 28.3. The summed E-state index contributed by atoms with van der Waals surface area (Å²) in [6, 6.07) is 14.7. The standard InChI is InChI=1S/C44H65NO10Si/c1-30(2)56(31(3)4,32(5)6)24-22-44(49,28-46)26-33(27-53-29-50-10)25-38(41(47)52-12)40-37(21-23-54-35-19-17-34(51-11)18-20-35)36-15-13-14-16-39(36)45(40)42(48)55-43(7,8)9/h13-20,30-33,38,46,49H,21,23,25-29H2,1-12H3/t33-,38?,44+/m1/s1. The number of hydrogen-bond donors (Lipinski definition) is 2. The van der Waals surface area contributed by atoms with Crippen LogP contribution in [0.3, 0.4) is 0 Å². The Morgan fingerprint density at radius 1 is 0.893 bits per heavy atom. The normalized spacial score (nSPS) is 14.3. The van der Waals surface area contributed by atoms with Crippen molar-refractivity contribution in [2.24, 2.45) is 5.92 Å². The minimum atomic E-state index is -2.28. The Morgan fingerprint density at radius 3 is 2.04 bits per heavy atom. The third-order valence-corrected chi connectivity index (χ3v) is 16.8. The van der Waals surface area contributed by atoms with Gasteiger partial charge in [-0.15, -0.1) is 5.54 Å². The molecule has 1 unspecified atom stereocenters. The van der Waals surface area contributed by atoms with E-state index in [1.54, 1.807) is 27.9 Å². The number of aliphatic hydroxyl groups is 2. The summed E-state index contributed by atoms with van der Waals surface area (Å²) in [6.45, 7) is 18.1. The van der Waals surface area contributed by atoms with Gasteiger partial charge >= 0.3 is 12.1 Å². The number of methoxy groups -OCH3 is 3. The van der Waals surface area contributed by atoms with Crippen molar-refractivity contribution in [1.29, 1.82) is 0 Å². The zero-order valence-corrected chi connectivity index (χ0v) is 36.6. The SMILES string of the molecule is COCOC[C@H](CC(C(=O)OC)c1c(CCOc2ccc(OC)cc2)c2ccccc2n1C(=O)OC(C)(C)C)C[C@@](O)(C#C[Si](C(C)C)(C(C)C)C(C)C)CO. The molecule has 310 valence electrons. The molecular weight excluding hydrogens is 731 g/mol. The van der Waals surface area contributed by atoms with E-state index in [0.717, 1.165) is 5.39 Å². The first-order chi connectivity index (χ1) is 26.4. The van der Waals surface area contributed by atoms with E-state index in [4.69, 9.17) is 28.4 Å². The van der Waals surface area contributed by atoms with Gasteiger partial charge in [-0.3, -0.25) is 4.79 Å². The van der Waals surface area contributed by atoms with Crippen molar-refractivity contribution in [2.75, 3.05) is 47.9 Å². The van der Waals surface area contributed by atoms with Crippen LogP contribution in [0.5, 0.6) is 11.5 Å². The fourth-order valence-electron chi connectivity index (χ4n) is 8.00. The molecule has 3 atom stereocenters. The summed E-state index contributed by atoms with van der Waals surface area (Å²) in [5, 5.41) is 23.5. The average Bonchev–Trinajstić information content (AvgIpc) is 3.46.